The molecular weight excluding hydrogens is 453 g/mol. The van der Waals surface area contributed by atoms with Gasteiger partial charge in [0.15, 0.2) is 11.6 Å². The fraction of sp³-hybridized carbons (Fsp3) is 0.286. The van der Waals surface area contributed by atoms with E-state index < -0.39 is 23.0 Å². The fourth-order valence-electron chi connectivity index (χ4n) is 4.74. The fourth-order valence-corrected chi connectivity index (χ4v) is 4.74. The van der Waals surface area contributed by atoms with Crippen molar-refractivity contribution >= 4 is 11.8 Å². The molecule has 0 bridgehead atoms. The Labute approximate surface area is 202 Å². The van der Waals surface area contributed by atoms with Crippen LogP contribution in [0.3, 0.4) is 0 Å². The molecule has 1 aliphatic heterocycles. The number of nitrogens with zero attached hydrogens (tertiary/aromatic N) is 1. The monoisotopic (exact) mass is 480 g/mol. The summed E-state index contributed by atoms with van der Waals surface area (Å²) in [6.45, 7) is 0.937. The average Bonchev–Trinajstić information content (AvgIpc) is 2.87. The van der Waals surface area contributed by atoms with Gasteiger partial charge in [0.1, 0.15) is 5.82 Å². The summed E-state index contributed by atoms with van der Waals surface area (Å²) in [6, 6.07) is 19.7. The lowest BCUT2D eigenvalue weighted by molar-refractivity contribution is -0.122. The van der Waals surface area contributed by atoms with Crippen LogP contribution in [0, 0.1) is 17.5 Å². The zero-order valence-electron chi connectivity index (χ0n) is 19.3. The van der Waals surface area contributed by atoms with Crippen LogP contribution in [0.15, 0.2) is 72.8 Å². The number of likely N-dealkylation sites (tertiary alicyclic amines) is 1. The van der Waals surface area contributed by atoms with E-state index in [4.69, 9.17) is 0 Å². The lowest BCUT2D eigenvalue weighted by atomic mass is 9.70. The molecule has 0 aromatic heterocycles. The quantitative estimate of drug-likeness (QED) is 0.516. The van der Waals surface area contributed by atoms with Gasteiger partial charge in [-0.3, -0.25) is 9.59 Å². The van der Waals surface area contributed by atoms with Crippen LogP contribution in [-0.4, -0.2) is 36.3 Å². The number of piperidine rings is 1. The molecule has 1 N–H and O–H groups in total. The molecule has 3 aromatic rings. The third-order valence-corrected chi connectivity index (χ3v) is 6.75. The molecule has 7 heteroatoms. The molecule has 0 radical (unpaired) electrons. The second-order valence-electron chi connectivity index (χ2n) is 8.91. The summed E-state index contributed by atoms with van der Waals surface area (Å²) in [6.07, 6.45) is 1.60. The van der Waals surface area contributed by atoms with Gasteiger partial charge in [-0.15, -0.1) is 0 Å². The minimum Gasteiger partial charge on any atom is -0.356 e. The van der Waals surface area contributed by atoms with Crippen LogP contribution in [0.4, 0.5) is 13.2 Å². The minimum atomic E-state index is -1.15. The average molecular weight is 481 g/mol. The van der Waals surface area contributed by atoms with E-state index in [1.165, 1.54) is 23.1 Å². The molecule has 3 aromatic carbocycles. The van der Waals surface area contributed by atoms with E-state index in [1.807, 2.05) is 30.3 Å². The summed E-state index contributed by atoms with van der Waals surface area (Å²) in [7, 11) is 0. The zero-order valence-corrected chi connectivity index (χ0v) is 19.3. The molecule has 2 amide bonds. The third kappa shape index (κ3) is 5.56. The highest BCUT2D eigenvalue weighted by Crippen LogP contribution is 2.39. The predicted octanol–water partition coefficient (Wildman–Crippen LogP) is 5.03. The minimum absolute atomic E-state index is 0.152. The molecule has 1 fully saturated rings. The number of hydrogen-bond acceptors (Lipinski definition) is 2. The second kappa shape index (κ2) is 10.8. The molecule has 0 unspecified atom stereocenters. The highest BCUT2D eigenvalue weighted by atomic mass is 19.2. The van der Waals surface area contributed by atoms with Crippen LogP contribution in [-0.2, 0) is 16.6 Å². The summed E-state index contributed by atoms with van der Waals surface area (Å²) >= 11 is 0. The van der Waals surface area contributed by atoms with E-state index in [-0.39, 0.29) is 23.7 Å². The normalized spacial score (nSPS) is 15.0. The molecule has 0 aliphatic carbocycles. The first-order valence-electron chi connectivity index (χ1n) is 11.7. The van der Waals surface area contributed by atoms with Crippen LogP contribution >= 0.6 is 0 Å². The van der Waals surface area contributed by atoms with Gasteiger partial charge >= 0.3 is 0 Å². The number of carbonyl (C=O) groups is 2. The molecule has 35 heavy (non-hydrogen) atoms. The number of carbonyl (C=O) groups excluding carboxylic acids is 2. The highest BCUT2D eigenvalue weighted by Gasteiger charge is 2.39. The molecule has 0 atom stereocenters. The van der Waals surface area contributed by atoms with Gasteiger partial charge in [0.25, 0.3) is 5.91 Å². The van der Waals surface area contributed by atoms with E-state index in [1.54, 1.807) is 18.2 Å². The molecule has 182 valence electrons. The Morgan fingerprint density at radius 2 is 1.49 bits per heavy atom. The number of rotatable bonds is 7. The lowest BCUT2D eigenvalue weighted by Gasteiger charge is -2.42. The number of halogens is 3. The predicted molar refractivity (Wildman–Crippen MR) is 127 cm³/mol. The Morgan fingerprint density at radius 3 is 2.20 bits per heavy atom. The summed E-state index contributed by atoms with van der Waals surface area (Å²) in [5, 5.41) is 2.90. The van der Waals surface area contributed by atoms with E-state index in [0.717, 1.165) is 11.6 Å². The van der Waals surface area contributed by atoms with Crippen LogP contribution in [0.5, 0.6) is 0 Å². The number of hydrogen-bond donors (Lipinski definition) is 1. The summed E-state index contributed by atoms with van der Waals surface area (Å²) in [5.74, 6) is -3.21. The van der Waals surface area contributed by atoms with Crippen LogP contribution in [0.1, 0.15) is 40.7 Å². The zero-order chi connectivity index (χ0) is 24.8. The van der Waals surface area contributed by atoms with Crippen LogP contribution < -0.4 is 5.32 Å². The Bertz CT molecular complexity index is 1190. The maximum absolute atomic E-state index is 14.2. The second-order valence-corrected chi connectivity index (χ2v) is 8.91. The first-order valence-corrected chi connectivity index (χ1v) is 11.7. The van der Waals surface area contributed by atoms with Gasteiger partial charge in [0, 0.05) is 31.5 Å². The van der Waals surface area contributed by atoms with Crippen molar-refractivity contribution in [1.82, 2.24) is 10.2 Å². The standard InChI is InChI=1S/C28H27F3N2O2/c29-23-11-5-4-7-20(23)13-16-32-25(34)19-28(21-8-2-1-3-9-21)14-17-33(18-15-28)27(35)22-10-6-12-24(30)26(22)31/h1-12H,13-19H2,(H,32,34). The molecule has 0 spiro atoms. The van der Waals surface area contributed by atoms with Crippen molar-refractivity contribution in [2.45, 2.75) is 31.1 Å². The molecule has 1 heterocycles. The van der Waals surface area contributed by atoms with Gasteiger partial charge in [-0.05, 0) is 48.6 Å². The van der Waals surface area contributed by atoms with Gasteiger partial charge in [-0.25, -0.2) is 13.2 Å². The van der Waals surface area contributed by atoms with E-state index in [0.29, 0.717) is 44.5 Å². The molecule has 4 rings (SSSR count). The maximum atomic E-state index is 14.2. The molecule has 0 saturated carbocycles. The van der Waals surface area contributed by atoms with Crippen LogP contribution in [0.25, 0.3) is 0 Å². The van der Waals surface area contributed by atoms with Crippen LogP contribution in [0.2, 0.25) is 0 Å². The largest absolute Gasteiger partial charge is 0.356 e. The van der Waals surface area contributed by atoms with Crippen molar-refractivity contribution in [3.8, 4) is 0 Å². The number of benzene rings is 3. The molecular formula is C28H27F3N2O2. The van der Waals surface area contributed by atoms with Gasteiger partial charge < -0.3 is 10.2 Å². The highest BCUT2D eigenvalue weighted by molar-refractivity contribution is 5.94. The SMILES string of the molecule is O=C(CC1(c2ccccc2)CCN(C(=O)c2cccc(F)c2F)CC1)NCCc1ccccc1F. The van der Waals surface area contributed by atoms with Gasteiger partial charge in [-0.2, -0.15) is 0 Å². The van der Waals surface area contributed by atoms with Crippen molar-refractivity contribution in [1.29, 1.82) is 0 Å². The van der Waals surface area contributed by atoms with Gasteiger partial charge in [0.05, 0.1) is 5.56 Å². The topological polar surface area (TPSA) is 49.4 Å². The van der Waals surface area contributed by atoms with Crippen molar-refractivity contribution in [3.05, 3.63) is 107 Å². The first-order chi connectivity index (χ1) is 16.9. The Hall–Kier alpha value is -3.61. The first kappa shape index (κ1) is 24.5. The summed E-state index contributed by atoms with van der Waals surface area (Å²) in [4.78, 5) is 27.3. The summed E-state index contributed by atoms with van der Waals surface area (Å²) < 4.78 is 41.6. The Balaban J connectivity index is 1.43. The van der Waals surface area contributed by atoms with Crippen molar-refractivity contribution in [2.24, 2.45) is 0 Å². The van der Waals surface area contributed by atoms with Crippen molar-refractivity contribution in [2.75, 3.05) is 19.6 Å². The lowest BCUT2D eigenvalue weighted by Crippen LogP contribution is -2.47. The van der Waals surface area contributed by atoms with E-state index in [2.05, 4.69) is 5.32 Å². The molecule has 1 saturated heterocycles. The van der Waals surface area contributed by atoms with Gasteiger partial charge in [0.2, 0.25) is 5.91 Å². The number of nitrogens with one attached hydrogen (secondary N) is 1. The van der Waals surface area contributed by atoms with Crippen molar-refractivity contribution in [3.63, 3.8) is 0 Å². The molecule has 4 nitrogen and oxygen atoms in total. The number of amides is 2. The summed E-state index contributed by atoms with van der Waals surface area (Å²) in [5.41, 5.74) is 0.749. The Kier molecular flexibility index (Phi) is 7.54. The van der Waals surface area contributed by atoms with E-state index >= 15 is 0 Å². The van der Waals surface area contributed by atoms with Crippen molar-refractivity contribution < 1.29 is 22.8 Å². The third-order valence-electron chi connectivity index (χ3n) is 6.75. The smallest absolute Gasteiger partial charge is 0.256 e. The van der Waals surface area contributed by atoms with E-state index in [9.17, 15) is 22.8 Å². The van der Waals surface area contributed by atoms with Gasteiger partial charge in [-0.1, -0.05) is 54.6 Å². The molecule has 1 aliphatic rings. The Morgan fingerprint density at radius 1 is 0.829 bits per heavy atom. The maximum Gasteiger partial charge on any atom is 0.256 e.